The molecule has 132 valence electrons. The van der Waals surface area contributed by atoms with Gasteiger partial charge in [-0.15, -0.1) is 0 Å². The summed E-state index contributed by atoms with van der Waals surface area (Å²) >= 11 is 0. The fraction of sp³-hybridized carbons (Fsp3) is 0.529. The van der Waals surface area contributed by atoms with Gasteiger partial charge in [0.15, 0.2) is 0 Å². The van der Waals surface area contributed by atoms with Crippen molar-refractivity contribution in [2.24, 2.45) is 11.8 Å². The Hall–Kier alpha value is -2.12. The highest BCUT2D eigenvalue weighted by molar-refractivity contribution is 5.89. The molecule has 5 N–H and O–H groups in total. The highest BCUT2D eigenvalue weighted by Crippen LogP contribution is 2.24. The summed E-state index contributed by atoms with van der Waals surface area (Å²) in [6.07, 6.45) is 1.83. The van der Waals surface area contributed by atoms with Gasteiger partial charge in [-0.05, 0) is 56.0 Å². The van der Waals surface area contributed by atoms with Crippen LogP contribution >= 0.6 is 0 Å². The first-order valence-corrected chi connectivity index (χ1v) is 8.28. The molecule has 2 rings (SSSR count). The molecule has 7 nitrogen and oxygen atoms in total. The van der Waals surface area contributed by atoms with E-state index in [-0.39, 0.29) is 18.6 Å². The van der Waals surface area contributed by atoms with Crippen molar-refractivity contribution in [1.82, 2.24) is 10.6 Å². The van der Waals surface area contributed by atoms with Crippen molar-refractivity contribution < 1.29 is 19.8 Å². The first kappa shape index (κ1) is 18.2. The monoisotopic (exact) mass is 335 g/mol. The number of rotatable bonds is 8. The molecule has 0 aromatic heterocycles. The molecule has 1 aromatic rings. The third kappa shape index (κ3) is 5.50. The van der Waals surface area contributed by atoms with E-state index in [0.717, 1.165) is 25.1 Å². The van der Waals surface area contributed by atoms with Crippen LogP contribution in [0.15, 0.2) is 24.3 Å². The number of benzene rings is 1. The SMILES string of the molecule is O=C(NCCCO)Nc1cccc(C[C@H](C(=O)O)[C@H]2CCNC2)c1. The number of aliphatic carboxylic acids is 1. The predicted molar refractivity (Wildman–Crippen MR) is 91.0 cm³/mol. The van der Waals surface area contributed by atoms with E-state index in [1.54, 1.807) is 6.07 Å². The van der Waals surface area contributed by atoms with Crippen molar-refractivity contribution in [3.63, 3.8) is 0 Å². The molecule has 0 bridgehead atoms. The molecule has 1 aliphatic heterocycles. The van der Waals surface area contributed by atoms with Crippen LogP contribution in [-0.2, 0) is 11.2 Å². The highest BCUT2D eigenvalue weighted by Gasteiger charge is 2.30. The maximum absolute atomic E-state index is 11.7. The van der Waals surface area contributed by atoms with E-state index in [9.17, 15) is 14.7 Å². The number of carbonyl (C=O) groups excluding carboxylic acids is 1. The summed E-state index contributed by atoms with van der Waals surface area (Å²) in [5.41, 5.74) is 1.52. The molecule has 24 heavy (non-hydrogen) atoms. The summed E-state index contributed by atoms with van der Waals surface area (Å²) < 4.78 is 0. The van der Waals surface area contributed by atoms with Crippen LogP contribution in [0, 0.1) is 11.8 Å². The molecule has 2 atom stereocenters. The van der Waals surface area contributed by atoms with Gasteiger partial charge in [-0.2, -0.15) is 0 Å². The van der Waals surface area contributed by atoms with Crippen LogP contribution in [0.5, 0.6) is 0 Å². The number of anilines is 1. The number of carbonyl (C=O) groups is 2. The first-order valence-electron chi connectivity index (χ1n) is 8.28. The Morgan fingerprint density at radius 2 is 2.21 bits per heavy atom. The lowest BCUT2D eigenvalue weighted by atomic mass is 9.86. The number of aliphatic hydroxyl groups is 1. The van der Waals surface area contributed by atoms with Gasteiger partial charge in [0.25, 0.3) is 0 Å². The van der Waals surface area contributed by atoms with E-state index in [4.69, 9.17) is 5.11 Å². The number of carboxylic acid groups (broad SMARTS) is 1. The van der Waals surface area contributed by atoms with Crippen LogP contribution < -0.4 is 16.0 Å². The van der Waals surface area contributed by atoms with Gasteiger partial charge in [0.1, 0.15) is 0 Å². The van der Waals surface area contributed by atoms with Crippen LogP contribution in [0.3, 0.4) is 0 Å². The summed E-state index contributed by atoms with van der Waals surface area (Å²) in [7, 11) is 0. The maximum Gasteiger partial charge on any atom is 0.319 e. The van der Waals surface area contributed by atoms with Gasteiger partial charge in [0.05, 0.1) is 5.92 Å². The molecule has 7 heteroatoms. The van der Waals surface area contributed by atoms with Gasteiger partial charge in [-0.3, -0.25) is 4.79 Å². The number of nitrogens with one attached hydrogen (secondary N) is 3. The average molecular weight is 335 g/mol. The van der Waals surface area contributed by atoms with Gasteiger partial charge < -0.3 is 26.2 Å². The Morgan fingerprint density at radius 1 is 1.38 bits per heavy atom. The molecule has 1 fully saturated rings. The molecular formula is C17H25N3O4. The second kappa shape index (κ2) is 9.24. The lowest BCUT2D eigenvalue weighted by Gasteiger charge is -2.19. The Morgan fingerprint density at radius 3 is 2.88 bits per heavy atom. The Balaban J connectivity index is 1.95. The standard InChI is InChI=1S/C17H25N3O4/c21-8-2-6-19-17(24)20-14-4-1-3-12(9-14)10-15(16(22)23)13-5-7-18-11-13/h1,3-4,9,13,15,18,21H,2,5-8,10-11H2,(H,22,23)(H2,19,20,24)/t13-,15-/m0/s1. The molecule has 0 radical (unpaired) electrons. The smallest absolute Gasteiger partial charge is 0.319 e. The van der Waals surface area contributed by atoms with E-state index in [1.807, 2.05) is 18.2 Å². The fourth-order valence-corrected chi connectivity index (χ4v) is 2.96. The van der Waals surface area contributed by atoms with Crippen LogP contribution in [0.25, 0.3) is 0 Å². The molecule has 0 saturated carbocycles. The quantitative estimate of drug-likeness (QED) is 0.456. The summed E-state index contributed by atoms with van der Waals surface area (Å²) in [5, 5.41) is 26.8. The zero-order valence-electron chi connectivity index (χ0n) is 13.6. The topological polar surface area (TPSA) is 111 Å². The molecule has 0 aliphatic carbocycles. The number of urea groups is 1. The van der Waals surface area contributed by atoms with E-state index in [2.05, 4.69) is 16.0 Å². The predicted octanol–water partition coefficient (Wildman–Crippen LogP) is 1.04. The van der Waals surface area contributed by atoms with Crippen molar-refractivity contribution in [1.29, 1.82) is 0 Å². The lowest BCUT2D eigenvalue weighted by molar-refractivity contribution is -0.143. The van der Waals surface area contributed by atoms with Gasteiger partial charge in [0, 0.05) is 18.8 Å². The van der Waals surface area contributed by atoms with Crippen molar-refractivity contribution in [3.05, 3.63) is 29.8 Å². The number of amides is 2. The molecule has 1 heterocycles. The van der Waals surface area contributed by atoms with Crippen LogP contribution in [0.2, 0.25) is 0 Å². The van der Waals surface area contributed by atoms with Gasteiger partial charge >= 0.3 is 12.0 Å². The van der Waals surface area contributed by atoms with Crippen molar-refractivity contribution in [2.75, 3.05) is 31.6 Å². The second-order valence-electron chi connectivity index (χ2n) is 6.06. The summed E-state index contributed by atoms with van der Waals surface area (Å²) in [5.74, 6) is -1.06. The van der Waals surface area contributed by atoms with Crippen LogP contribution in [-0.4, -0.2) is 48.5 Å². The molecule has 0 spiro atoms. The van der Waals surface area contributed by atoms with Crippen molar-refractivity contribution >= 4 is 17.7 Å². The number of hydrogen-bond acceptors (Lipinski definition) is 4. The summed E-state index contributed by atoms with van der Waals surface area (Å²) in [4.78, 5) is 23.3. The zero-order valence-corrected chi connectivity index (χ0v) is 13.6. The third-order valence-corrected chi connectivity index (χ3v) is 4.25. The first-order chi connectivity index (χ1) is 11.6. The second-order valence-corrected chi connectivity index (χ2v) is 6.06. The van der Waals surface area contributed by atoms with Crippen LogP contribution in [0.4, 0.5) is 10.5 Å². The normalized spacial score (nSPS) is 18.1. The van der Waals surface area contributed by atoms with E-state index < -0.39 is 11.9 Å². The molecule has 1 aromatic carbocycles. The summed E-state index contributed by atoms with van der Waals surface area (Å²) in [6.45, 7) is 2.03. The maximum atomic E-state index is 11.7. The minimum atomic E-state index is -0.774. The minimum absolute atomic E-state index is 0.0301. The largest absolute Gasteiger partial charge is 0.481 e. The number of carboxylic acids is 1. The fourth-order valence-electron chi connectivity index (χ4n) is 2.96. The Kier molecular flexibility index (Phi) is 7.02. The van der Waals surface area contributed by atoms with Crippen LogP contribution in [0.1, 0.15) is 18.4 Å². The van der Waals surface area contributed by atoms with E-state index in [0.29, 0.717) is 25.1 Å². The molecule has 1 aliphatic rings. The number of aliphatic hydroxyl groups excluding tert-OH is 1. The Bertz CT molecular complexity index is 559. The highest BCUT2D eigenvalue weighted by atomic mass is 16.4. The zero-order chi connectivity index (χ0) is 17.4. The molecule has 2 amide bonds. The third-order valence-electron chi connectivity index (χ3n) is 4.25. The molecule has 1 saturated heterocycles. The van der Waals surface area contributed by atoms with E-state index >= 15 is 0 Å². The van der Waals surface area contributed by atoms with Gasteiger partial charge in [0.2, 0.25) is 0 Å². The molecular weight excluding hydrogens is 310 g/mol. The van der Waals surface area contributed by atoms with E-state index in [1.165, 1.54) is 0 Å². The van der Waals surface area contributed by atoms with Gasteiger partial charge in [-0.25, -0.2) is 4.79 Å². The molecule has 0 unspecified atom stereocenters. The summed E-state index contributed by atoms with van der Waals surface area (Å²) in [6, 6.07) is 6.93. The number of hydrogen-bond donors (Lipinski definition) is 5. The van der Waals surface area contributed by atoms with Crippen molar-refractivity contribution in [2.45, 2.75) is 19.3 Å². The Labute approximate surface area is 141 Å². The average Bonchev–Trinajstić information content (AvgIpc) is 3.07. The van der Waals surface area contributed by atoms with Gasteiger partial charge in [-0.1, -0.05) is 12.1 Å². The van der Waals surface area contributed by atoms with Crippen molar-refractivity contribution in [3.8, 4) is 0 Å². The lowest BCUT2D eigenvalue weighted by Crippen LogP contribution is -2.30. The minimum Gasteiger partial charge on any atom is -0.481 e.